The molecule has 10 heteroatoms. The summed E-state index contributed by atoms with van der Waals surface area (Å²) < 4.78 is 21.1. The molecule has 1 N–H and O–H groups in total. The Hall–Kier alpha value is -3.12. The van der Waals surface area contributed by atoms with Crippen molar-refractivity contribution < 1.29 is 18.7 Å². The van der Waals surface area contributed by atoms with Gasteiger partial charge in [0.15, 0.2) is 5.69 Å². The standard InChI is InChI=1S/C22H15FIN3O4S/c1-2-31-22(30)18-13-11-32-20(25-19(28)12-7-3-5-9-15(12)24)17(13)21(29)27(26-18)16-10-6-4-8-14(16)23/h3-11H,2H2,1H3,(H,25,28). The summed E-state index contributed by atoms with van der Waals surface area (Å²) in [4.78, 5) is 38.7. The second-order valence-corrected chi connectivity index (χ2v) is 8.57. The van der Waals surface area contributed by atoms with Gasteiger partial charge in [0.25, 0.3) is 11.5 Å². The number of hydrogen-bond donors (Lipinski definition) is 1. The van der Waals surface area contributed by atoms with Gasteiger partial charge < -0.3 is 10.1 Å². The van der Waals surface area contributed by atoms with E-state index in [-0.39, 0.29) is 33.8 Å². The summed E-state index contributed by atoms with van der Waals surface area (Å²) in [6.45, 7) is 1.74. The second kappa shape index (κ2) is 9.17. The molecule has 1 amide bonds. The molecule has 2 aromatic heterocycles. The van der Waals surface area contributed by atoms with E-state index in [0.717, 1.165) is 19.6 Å². The fourth-order valence-corrected chi connectivity index (χ4v) is 4.66. The molecule has 0 bridgehead atoms. The average Bonchev–Trinajstić information content (AvgIpc) is 3.19. The number of carbonyl (C=O) groups excluding carboxylic acids is 2. The highest BCUT2D eigenvalue weighted by molar-refractivity contribution is 14.1. The molecule has 2 heterocycles. The first-order chi connectivity index (χ1) is 15.4. The number of para-hydroxylation sites is 1. The Morgan fingerprint density at radius 1 is 1.19 bits per heavy atom. The largest absolute Gasteiger partial charge is 0.461 e. The maximum atomic E-state index is 14.5. The lowest BCUT2D eigenvalue weighted by Gasteiger charge is -2.10. The number of halogens is 2. The molecular weight excluding hydrogens is 548 g/mol. The van der Waals surface area contributed by atoms with Crippen molar-refractivity contribution in [1.82, 2.24) is 9.78 Å². The van der Waals surface area contributed by atoms with E-state index in [0.29, 0.717) is 5.56 Å². The molecule has 4 aromatic rings. The van der Waals surface area contributed by atoms with Crippen LogP contribution in [0.5, 0.6) is 0 Å². The van der Waals surface area contributed by atoms with Crippen LogP contribution in [0.3, 0.4) is 0 Å². The van der Waals surface area contributed by atoms with Crippen LogP contribution < -0.4 is 10.9 Å². The molecule has 7 nitrogen and oxygen atoms in total. The first kappa shape index (κ1) is 22.1. The number of esters is 1. The highest BCUT2D eigenvalue weighted by Crippen LogP contribution is 2.31. The summed E-state index contributed by atoms with van der Waals surface area (Å²) >= 11 is 3.12. The van der Waals surface area contributed by atoms with Gasteiger partial charge in [-0.15, -0.1) is 11.3 Å². The molecule has 162 valence electrons. The van der Waals surface area contributed by atoms with Crippen LogP contribution in [-0.2, 0) is 4.74 Å². The van der Waals surface area contributed by atoms with Crippen LogP contribution in [0.4, 0.5) is 9.39 Å². The number of carbonyl (C=O) groups is 2. The highest BCUT2D eigenvalue weighted by Gasteiger charge is 2.24. The van der Waals surface area contributed by atoms with Crippen molar-refractivity contribution in [2.24, 2.45) is 0 Å². The molecule has 0 fully saturated rings. The number of hydrogen-bond acceptors (Lipinski definition) is 6. The van der Waals surface area contributed by atoms with Crippen molar-refractivity contribution in [1.29, 1.82) is 0 Å². The van der Waals surface area contributed by atoms with Crippen molar-refractivity contribution in [3.63, 3.8) is 0 Å². The van der Waals surface area contributed by atoms with E-state index in [1.807, 2.05) is 28.7 Å². The Kier molecular flexibility index (Phi) is 6.33. The van der Waals surface area contributed by atoms with Crippen LogP contribution in [0.1, 0.15) is 27.8 Å². The van der Waals surface area contributed by atoms with Crippen molar-refractivity contribution in [3.8, 4) is 5.69 Å². The minimum Gasteiger partial charge on any atom is -0.461 e. The first-order valence-corrected chi connectivity index (χ1v) is 11.4. The second-order valence-electron chi connectivity index (χ2n) is 6.52. The van der Waals surface area contributed by atoms with E-state index < -0.39 is 23.3 Å². The van der Waals surface area contributed by atoms with Crippen LogP contribution in [0.15, 0.2) is 58.7 Å². The molecule has 0 unspecified atom stereocenters. The monoisotopic (exact) mass is 563 g/mol. The number of rotatable bonds is 5. The molecular formula is C22H15FIN3O4S. The normalized spacial score (nSPS) is 10.8. The summed E-state index contributed by atoms with van der Waals surface area (Å²) in [6.07, 6.45) is 0. The lowest BCUT2D eigenvalue weighted by Crippen LogP contribution is -2.26. The molecule has 0 saturated heterocycles. The summed E-state index contributed by atoms with van der Waals surface area (Å²) in [5, 5.41) is 8.90. The highest BCUT2D eigenvalue weighted by atomic mass is 127. The number of aromatic nitrogens is 2. The third-order valence-electron chi connectivity index (χ3n) is 4.55. The predicted molar refractivity (Wildman–Crippen MR) is 128 cm³/mol. The molecule has 32 heavy (non-hydrogen) atoms. The number of thiophene rings is 1. The Labute approximate surface area is 199 Å². The Morgan fingerprint density at radius 3 is 2.62 bits per heavy atom. The lowest BCUT2D eigenvalue weighted by atomic mass is 10.2. The Balaban J connectivity index is 1.92. The van der Waals surface area contributed by atoms with Crippen LogP contribution in [0.2, 0.25) is 0 Å². The number of ether oxygens (including phenoxy) is 1. The van der Waals surface area contributed by atoms with Crippen molar-refractivity contribution >= 4 is 61.6 Å². The molecule has 0 radical (unpaired) electrons. The minimum atomic E-state index is -0.754. The van der Waals surface area contributed by atoms with E-state index in [4.69, 9.17) is 4.74 Å². The van der Waals surface area contributed by atoms with Crippen LogP contribution in [0, 0.1) is 9.39 Å². The zero-order valence-corrected chi connectivity index (χ0v) is 19.6. The van der Waals surface area contributed by atoms with Gasteiger partial charge in [0, 0.05) is 14.3 Å². The molecule has 0 aliphatic carbocycles. The molecule has 2 aromatic carbocycles. The maximum absolute atomic E-state index is 14.5. The maximum Gasteiger partial charge on any atom is 0.359 e. The van der Waals surface area contributed by atoms with Crippen molar-refractivity contribution in [2.75, 3.05) is 11.9 Å². The van der Waals surface area contributed by atoms with Crippen LogP contribution in [-0.4, -0.2) is 28.3 Å². The molecule has 0 saturated carbocycles. The van der Waals surface area contributed by atoms with Gasteiger partial charge in [0.1, 0.15) is 16.5 Å². The van der Waals surface area contributed by atoms with Gasteiger partial charge in [-0.1, -0.05) is 24.3 Å². The number of benzene rings is 2. The lowest BCUT2D eigenvalue weighted by molar-refractivity contribution is 0.0519. The summed E-state index contributed by atoms with van der Waals surface area (Å²) in [6, 6.07) is 12.6. The van der Waals surface area contributed by atoms with Gasteiger partial charge in [-0.25, -0.2) is 9.18 Å². The quantitative estimate of drug-likeness (QED) is 0.283. The van der Waals surface area contributed by atoms with E-state index >= 15 is 0 Å². The zero-order chi connectivity index (χ0) is 22.8. The fraction of sp³-hybridized carbons (Fsp3) is 0.0909. The topological polar surface area (TPSA) is 90.3 Å². The number of amides is 1. The third-order valence-corrected chi connectivity index (χ3v) is 6.38. The van der Waals surface area contributed by atoms with Gasteiger partial charge in [-0.3, -0.25) is 9.59 Å². The fourth-order valence-electron chi connectivity index (χ4n) is 3.09. The van der Waals surface area contributed by atoms with E-state index in [1.54, 1.807) is 36.6 Å². The smallest absolute Gasteiger partial charge is 0.359 e. The summed E-state index contributed by atoms with van der Waals surface area (Å²) in [5.41, 5.74) is -0.497. The van der Waals surface area contributed by atoms with Crippen molar-refractivity contribution in [2.45, 2.75) is 6.92 Å². The van der Waals surface area contributed by atoms with Gasteiger partial charge >= 0.3 is 5.97 Å². The number of fused-ring (bicyclic) bond motifs is 1. The number of nitrogens with zero attached hydrogens (tertiary/aromatic N) is 2. The summed E-state index contributed by atoms with van der Waals surface area (Å²) in [7, 11) is 0. The van der Waals surface area contributed by atoms with Gasteiger partial charge in [-0.2, -0.15) is 9.78 Å². The van der Waals surface area contributed by atoms with Gasteiger partial charge in [0.05, 0.1) is 17.6 Å². The van der Waals surface area contributed by atoms with E-state index in [1.165, 1.54) is 18.2 Å². The molecule has 0 spiro atoms. The first-order valence-electron chi connectivity index (χ1n) is 9.44. The molecule has 4 rings (SSSR count). The number of nitrogens with one attached hydrogen (secondary N) is 1. The van der Waals surface area contributed by atoms with Crippen LogP contribution >= 0.6 is 33.9 Å². The Bertz CT molecular complexity index is 1420. The zero-order valence-electron chi connectivity index (χ0n) is 16.6. The molecule has 0 aliphatic heterocycles. The SMILES string of the molecule is CCOC(=O)c1nn(-c2ccccc2F)c(=O)c2c(NC(=O)c3ccccc3I)scc12. The van der Waals surface area contributed by atoms with Gasteiger partial charge in [-0.05, 0) is 53.8 Å². The van der Waals surface area contributed by atoms with Crippen LogP contribution in [0.25, 0.3) is 16.5 Å². The molecule has 0 atom stereocenters. The summed E-state index contributed by atoms with van der Waals surface area (Å²) in [5.74, 6) is -1.85. The van der Waals surface area contributed by atoms with Crippen molar-refractivity contribution in [3.05, 3.63) is 84.9 Å². The minimum absolute atomic E-state index is 0.0515. The number of anilines is 1. The Morgan fingerprint density at radius 2 is 1.91 bits per heavy atom. The third kappa shape index (κ3) is 4.02. The van der Waals surface area contributed by atoms with Gasteiger partial charge in [0.2, 0.25) is 0 Å². The predicted octanol–water partition coefficient (Wildman–Crippen LogP) is 4.62. The van der Waals surface area contributed by atoms with E-state index in [2.05, 4.69) is 10.4 Å². The molecule has 0 aliphatic rings. The average molecular weight is 563 g/mol. The van der Waals surface area contributed by atoms with E-state index in [9.17, 15) is 18.8 Å².